The molecule has 1 aromatic rings. The summed E-state index contributed by atoms with van der Waals surface area (Å²) in [4.78, 5) is 18.8. The molecule has 1 atom stereocenters. The van der Waals surface area contributed by atoms with E-state index in [9.17, 15) is 4.79 Å². The molecule has 80 valence electrons. The van der Waals surface area contributed by atoms with E-state index >= 15 is 0 Å². The monoisotopic (exact) mass is 226 g/mol. The maximum absolute atomic E-state index is 10.5. The Hall–Kier alpha value is -1.00. The van der Waals surface area contributed by atoms with Gasteiger partial charge < -0.3 is 4.74 Å². The zero-order valence-electron chi connectivity index (χ0n) is 8.15. The molecule has 15 heavy (non-hydrogen) atoms. The number of hydrogen-bond donors (Lipinski definition) is 0. The molecule has 1 aromatic heterocycles. The third-order valence-electron chi connectivity index (χ3n) is 2.44. The Labute approximate surface area is 92.6 Å². The molecule has 4 nitrogen and oxygen atoms in total. The first-order chi connectivity index (χ1) is 7.31. The highest BCUT2D eigenvalue weighted by atomic mass is 35.5. The third-order valence-corrected chi connectivity index (χ3v) is 2.74. The number of halogens is 1. The molecule has 0 bridgehead atoms. The molecule has 1 fully saturated rings. The minimum absolute atomic E-state index is 0.206. The Balaban J connectivity index is 2.21. The van der Waals surface area contributed by atoms with Gasteiger partial charge in [-0.3, -0.25) is 4.79 Å². The molecular formula is C10H11ClN2O2. The number of aldehydes is 1. The first-order valence-electron chi connectivity index (χ1n) is 4.86. The molecule has 1 aliphatic rings. The molecule has 0 saturated carbocycles. The summed E-state index contributed by atoms with van der Waals surface area (Å²) in [7, 11) is 0. The van der Waals surface area contributed by atoms with Crippen LogP contribution in [0.2, 0.25) is 5.15 Å². The Morgan fingerprint density at radius 3 is 3.07 bits per heavy atom. The van der Waals surface area contributed by atoms with E-state index in [4.69, 9.17) is 16.3 Å². The lowest BCUT2D eigenvalue weighted by molar-refractivity contribution is 0.0780. The van der Waals surface area contributed by atoms with Gasteiger partial charge in [0.05, 0.1) is 12.2 Å². The maximum Gasteiger partial charge on any atom is 0.154 e. The Kier molecular flexibility index (Phi) is 3.28. The molecule has 2 rings (SSSR count). The van der Waals surface area contributed by atoms with Crippen LogP contribution in [0.25, 0.3) is 0 Å². The van der Waals surface area contributed by atoms with Crippen molar-refractivity contribution in [3.05, 3.63) is 22.7 Å². The van der Waals surface area contributed by atoms with Crippen LogP contribution >= 0.6 is 11.6 Å². The molecule has 5 heteroatoms. The Morgan fingerprint density at radius 1 is 1.60 bits per heavy atom. The van der Waals surface area contributed by atoms with Gasteiger partial charge in [0.2, 0.25) is 0 Å². The van der Waals surface area contributed by atoms with Gasteiger partial charge >= 0.3 is 0 Å². The SMILES string of the molecule is O=Cc1cnc(C2CCCOC2)nc1Cl. The van der Waals surface area contributed by atoms with Crippen LogP contribution in [-0.2, 0) is 4.74 Å². The van der Waals surface area contributed by atoms with Gasteiger partial charge in [-0.2, -0.15) is 0 Å². The largest absolute Gasteiger partial charge is 0.381 e. The highest BCUT2D eigenvalue weighted by Gasteiger charge is 2.19. The van der Waals surface area contributed by atoms with E-state index in [2.05, 4.69) is 9.97 Å². The number of nitrogens with zero attached hydrogens (tertiary/aromatic N) is 2. The fraction of sp³-hybridized carbons (Fsp3) is 0.500. The molecule has 0 spiro atoms. The smallest absolute Gasteiger partial charge is 0.154 e. The topological polar surface area (TPSA) is 52.1 Å². The molecule has 0 aromatic carbocycles. The fourth-order valence-corrected chi connectivity index (χ4v) is 1.78. The third kappa shape index (κ3) is 2.33. The van der Waals surface area contributed by atoms with Gasteiger partial charge in [0.15, 0.2) is 6.29 Å². The Bertz CT molecular complexity index is 364. The van der Waals surface area contributed by atoms with Gasteiger partial charge in [0, 0.05) is 18.7 Å². The summed E-state index contributed by atoms with van der Waals surface area (Å²) in [5.41, 5.74) is 0.331. The van der Waals surface area contributed by atoms with E-state index in [0.29, 0.717) is 24.3 Å². The molecule has 0 radical (unpaired) electrons. The molecule has 0 aliphatic carbocycles. The fourth-order valence-electron chi connectivity index (χ4n) is 1.60. The van der Waals surface area contributed by atoms with E-state index in [-0.39, 0.29) is 11.1 Å². The van der Waals surface area contributed by atoms with Crippen LogP contribution < -0.4 is 0 Å². The van der Waals surface area contributed by atoms with Crippen LogP contribution in [0, 0.1) is 0 Å². The molecule has 1 saturated heterocycles. The second-order valence-electron chi connectivity index (χ2n) is 3.51. The van der Waals surface area contributed by atoms with Crippen LogP contribution in [0.3, 0.4) is 0 Å². The predicted molar refractivity (Wildman–Crippen MR) is 55.2 cm³/mol. The molecular weight excluding hydrogens is 216 g/mol. The van der Waals surface area contributed by atoms with Crippen molar-refractivity contribution in [3.63, 3.8) is 0 Å². The highest BCUT2D eigenvalue weighted by molar-refractivity contribution is 6.31. The molecule has 0 N–H and O–H groups in total. The number of ether oxygens (including phenoxy) is 1. The summed E-state index contributed by atoms with van der Waals surface area (Å²) in [6.45, 7) is 1.44. The zero-order chi connectivity index (χ0) is 10.7. The number of carbonyl (C=O) groups is 1. The van der Waals surface area contributed by atoms with Crippen LogP contribution in [0.5, 0.6) is 0 Å². The average molecular weight is 227 g/mol. The van der Waals surface area contributed by atoms with Gasteiger partial charge in [0.1, 0.15) is 11.0 Å². The number of rotatable bonds is 2. The minimum atomic E-state index is 0.206. The number of aromatic nitrogens is 2. The summed E-state index contributed by atoms with van der Waals surface area (Å²) >= 11 is 5.83. The number of carbonyl (C=O) groups excluding carboxylic acids is 1. The summed E-state index contributed by atoms with van der Waals surface area (Å²) in [5, 5.41) is 0.223. The van der Waals surface area contributed by atoms with Crippen LogP contribution in [0.4, 0.5) is 0 Å². The number of hydrogen-bond acceptors (Lipinski definition) is 4. The van der Waals surface area contributed by atoms with Crippen molar-refractivity contribution in [3.8, 4) is 0 Å². The van der Waals surface area contributed by atoms with Crippen LogP contribution in [-0.4, -0.2) is 29.5 Å². The van der Waals surface area contributed by atoms with E-state index in [1.165, 1.54) is 6.20 Å². The lowest BCUT2D eigenvalue weighted by Gasteiger charge is -2.20. The van der Waals surface area contributed by atoms with Gasteiger partial charge in [-0.05, 0) is 12.8 Å². The van der Waals surface area contributed by atoms with Crippen LogP contribution in [0.1, 0.15) is 34.9 Å². The predicted octanol–water partition coefficient (Wildman–Crippen LogP) is 1.84. The highest BCUT2D eigenvalue weighted by Crippen LogP contribution is 2.23. The molecule has 1 aliphatic heterocycles. The Morgan fingerprint density at radius 2 is 2.47 bits per heavy atom. The summed E-state index contributed by atoms with van der Waals surface area (Å²) < 4.78 is 5.34. The van der Waals surface area contributed by atoms with Crippen molar-refractivity contribution < 1.29 is 9.53 Å². The van der Waals surface area contributed by atoms with Crippen molar-refractivity contribution in [1.29, 1.82) is 0 Å². The van der Waals surface area contributed by atoms with Gasteiger partial charge in [-0.25, -0.2) is 9.97 Å². The molecule has 1 unspecified atom stereocenters. The molecule has 0 amide bonds. The second-order valence-corrected chi connectivity index (χ2v) is 3.86. The summed E-state index contributed by atoms with van der Waals surface area (Å²) in [6.07, 6.45) is 4.15. The quantitative estimate of drug-likeness (QED) is 0.570. The first kappa shape index (κ1) is 10.5. The van der Waals surface area contributed by atoms with Gasteiger partial charge in [-0.15, -0.1) is 0 Å². The van der Waals surface area contributed by atoms with E-state index in [0.717, 1.165) is 19.4 Å². The zero-order valence-corrected chi connectivity index (χ0v) is 8.91. The summed E-state index contributed by atoms with van der Waals surface area (Å²) in [5.74, 6) is 0.877. The molecule has 2 heterocycles. The first-order valence-corrected chi connectivity index (χ1v) is 5.24. The van der Waals surface area contributed by atoms with Crippen molar-refractivity contribution in [2.45, 2.75) is 18.8 Å². The normalized spacial score (nSPS) is 21.3. The lowest BCUT2D eigenvalue weighted by Crippen LogP contribution is -2.18. The maximum atomic E-state index is 10.5. The average Bonchev–Trinajstić information content (AvgIpc) is 2.30. The van der Waals surface area contributed by atoms with Crippen molar-refractivity contribution in [1.82, 2.24) is 9.97 Å². The standard InChI is InChI=1S/C10H11ClN2O2/c11-9-8(5-14)4-12-10(13-9)7-2-1-3-15-6-7/h4-5,7H,1-3,6H2. The van der Waals surface area contributed by atoms with E-state index in [1.54, 1.807) is 0 Å². The van der Waals surface area contributed by atoms with Crippen molar-refractivity contribution in [2.75, 3.05) is 13.2 Å². The van der Waals surface area contributed by atoms with Crippen molar-refractivity contribution in [2.24, 2.45) is 0 Å². The van der Waals surface area contributed by atoms with E-state index in [1.807, 2.05) is 0 Å². The summed E-state index contributed by atoms with van der Waals surface area (Å²) in [6, 6.07) is 0. The second kappa shape index (κ2) is 4.68. The van der Waals surface area contributed by atoms with Gasteiger partial charge in [-0.1, -0.05) is 11.6 Å². The van der Waals surface area contributed by atoms with Gasteiger partial charge in [0.25, 0.3) is 0 Å². The van der Waals surface area contributed by atoms with Crippen molar-refractivity contribution >= 4 is 17.9 Å². The van der Waals surface area contributed by atoms with E-state index < -0.39 is 0 Å². The minimum Gasteiger partial charge on any atom is -0.381 e. The van der Waals surface area contributed by atoms with Crippen LogP contribution in [0.15, 0.2) is 6.20 Å². The lowest BCUT2D eigenvalue weighted by atomic mass is 10.0.